The lowest BCUT2D eigenvalue weighted by molar-refractivity contribution is 0.338. The minimum Gasteiger partial charge on any atom is -0.123 e. The van der Waals surface area contributed by atoms with Gasteiger partial charge in [0.05, 0.1) is 0 Å². The molecule has 1 aliphatic rings. The maximum absolute atomic E-state index is 6.16. The predicted molar refractivity (Wildman–Crippen MR) is 58.0 cm³/mol. The van der Waals surface area contributed by atoms with E-state index in [1.165, 1.54) is 0 Å². The van der Waals surface area contributed by atoms with Crippen molar-refractivity contribution in [2.45, 2.75) is 35.3 Å². The van der Waals surface area contributed by atoms with Gasteiger partial charge in [0.1, 0.15) is 0 Å². The number of hydrogen-bond donors (Lipinski definition) is 0. The second-order valence-corrected chi connectivity index (χ2v) is 6.22. The van der Waals surface area contributed by atoms with Crippen LogP contribution in [0.4, 0.5) is 0 Å². The lowest BCUT2D eigenvalue weighted by atomic mass is 9.83. The van der Waals surface area contributed by atoms with Crippen molar-refractivity contribution < 1.29 is 0 Å². The summed E-state index contributed by atoms with van der Waals surface area (Å²) in [6, 6.07) is 0. The molecular weight excluding hydrogens is 291 g/mol. The Balaban J connectivity index is 2.63. The Labute approximate surface area is 90.3 Å². The van der Waals surface area contributed by atoms with Crippen molar-refractivity contribution in [1.82, 2.24) is 0 Å². The molecule has 0 bridgehead atoms. The molecule has 3 heteroatoms. The zero-order chi connectivity index (χ0) is 8.59. The molecule has 1 saturated carbocycles. The summed E-state index contributed by atoms with van der Waals surface area (Å²) >= 11 is 13.5. The van der Waals surface area contributed by atoms with Crippen molar-refractivity contribution in [3.63, 3.8) is 0 Å². The van der Waals surface area contributed by atoms with Gasteiger partial charge < -0.3 is 0 Å². The van der Waals surface area contributed by atoms with Crippen molar-refractivity contribution in [3.8, 4) is 0 Å². The highest BCUT2D eigenvalue weighted by Crippen LogP contribution is 2.40. The van der Waals surface area contributed by atoms with E-state index in [0.717, 1.165) is 6.42 Å². The van der Waals surface area contributed by atoms with Gasteiger partial charge in [-0.2, -0.15) is 0 Å². The minimum absolute atomic E-state index is 0.319. The molecule has 5 atom stereocenters. The molecule has 0 nitrogen and oxygen atoms in total. The first-order valence-corrected chi connectivity index (χ1v) is 6.23. The SMILES string of the molecule is CC1C(Cl)CC(Br)C(C)C1Br. The molecule has 0 aromatic rings. The van der Waals surface area contributed by atoms with Crippen LogP contribution in [0.1, 0.15) is 20.3 Å². The first-order chi connectivity index (χ1) is 5.04. The highest BCUT2D eigenvalue weighted by atomic mass is 79.9. The van der Waals surface area contributed by atoms with Gasteiger partial charge in [0.25, 0.3) is 0 Å². The molecule has 66 valence electrons. The molecule has 0 aromatic carbocycles. The molecule has 0 heterocycles. The first kappa shape index (κ1) is 10.3. The fraction of sp³-hybridized carbons (Fsp3) is 1.00. The molecule has 1 aliphatic carbocycles. The topological polar surface area (TPSA) is 0 Å². The van der Waals surface area contributed by atoms with E-state index in [0.29, 0.717) is 26.9 Å². The van der Waals surface area contributed by atoms with Crippen LogP contribution < -0.4 is 0 Å². The smallest absolute Gasteiger partial charge is 0.0383 e. The van der Waals surface area contributed by atoms with Gasteiger partial charge in [-0.25, -0.2) is 0 Å². The van der Waals surface area contributed by atoms with Gasteiger partial charge >= 0.3 is 0 Å². The maximum Gasteiger partial charge on any atom is 0.0383 e. The van der Waals surface area contributed by atoms with Crippen molar-refractivity contribution in [1.29, 1.82) is 0 Å². The number of rotatable bonds is 0. The zero-order valence-corrected chi connectivity index (χ0v) is 10.7. The summed E-state index contributed by atoms with van der Waals surface area (Å²) in [4.78, 5) is 1.13. The van der Waals surface area contributed by atoms with E-state index in [9.17, 15) is 0 Å². The first-order valence-electron chi connectivity index (χ1n) is 3.96. The third-order valence-corrected chi connectivity index (χ3v) is 6.05. The normalized spacial score (nSPS) is 52.6. The third kappa shape index (κ3) is 2.13. The summed E-state index contributed by atoms with van der Waals surface area (Å²) in [5, 5.41) is 0.319. The lowest BCUT2D eigenvalue weighted by Gasteiger charge is -2.37. The summed E-state index contributed by atoms with van der Waals surface area (Å²) in [5.41, 5.74) is 0. The van der Waals surface area contributed by atoms with Crippen LogP contribution in [0.5, 0.6) is 0 Å². The molecule has 0 amide bonds. The van der Waals surface area contributed by atoms with Crippen LogP contribution in [0.3, 0.4) is 0 Å². The standard InChI is InChI=1S/C8H13Br2Cl/c1-4-6(9)3-7(11)5(2)8(4)10/h4-8H,3H2,1-2H3. The molecule has 0 spiro atoms. The van der Waals surface area contributed by atoms with E-state index < -0.39 is 0 Å². The molecule has 0 aliphatic heterocycles. The van der Waals surface area contributed by atoms with Crippen molar-refractivity contribution in [3.05, 3.63) is 0 Å². The predicted octanol–water partition coefficient (Wildman–Crippen LogP) is 3.80. The Morgan fingerprint density at radius 1 is 1.18 bits per heavy atom. The molecule has 11 heavy (non-hydrogen) atoms. The molecule has 1 fully saturated rings. The van der Waals surface area contributed by atoms with Gasteiger partial charge in [0.2, 0.25) is 0 Å². The second kappa shape index (κ2) is 3.97. The van der Waals surface area contributed by atoms with Crippen molar-refractivity contribution >= 4 is 43.5 Å². The summed E-state index contributed by atoms with van der Waals surface area (Å²) in [5.74, 6) is 1.26. The van der Waals surface area contributed by atoms with E-state index in [1.54, 1.807) is 0 Å². The number of hydrogen-bond acceptors (Lipinski definition) is 0. The highest BCUT2D eigenvalue weighted by molar-refractivity contribution is 9.10. The summed E-state index contributed by atoms with van der Waals surface area (Å²) < 4.78 is 0. The van der Waals surface area contributed by atoms with Crippen molar-refractivity contribution in [2.24, 2.45) is 11.8 Å². The number of alkyl halides is 3. The average Bonchev–Trinajstić information content (AvgIpc) is 1.97. The summed E-state index contributed by atoms with van der Waals surface area (Å²) in [7, 11) is 0. The molecule has 0 saturated heterocycles. The van der Waals surface area contributed by atoms with Gasteiger partial charge in [-0.15, -0.1) is 11.6 Å². The van der Waals surface area contributed by atoms with E-state index in [1.807, 2.05) is 0 Å². The molecule has 5 unspecified atom stereocenters. The third-order valence-electron chi connectivity index (χ3n) is 2.60. The largest absolute Gasteiger partial charge is 0.123 e. The van der Waals surface area contributed by atoms with Gasteiger partial charge in [-0.1, -0.05) is 45.7 Å². The van der Waals surface area contributed by atoms with Gasteiger partial charge in [-0.3, -0.25) is 0 Å². The molecule has 0 radical (unpaired) electrons. The molecule has 0 aromatic heterocycles. The van der Waals surface area contributed by atoms with E-state index in [2.05, 4.69) is 45.7 Å². The highest BCUT2D eigenvalue weighted by Gasteiger charge is 2.36. The number of halogens is 3. The van der Waals surface area contributed by atoms with Gasteiger partial charge in [0.15, 0.2) is 0 Å². The van der Waals surface area contributed by atoms with Gasteiger partial charge in [0, 0.05) is 15.0 Å². The lowest BCUT2D eigenvalue weighted by Crippen LogP contribution is -2.39. The van der Waals surface area contributed by atoms with Crippen LogP contribution in [0.15, 0.2) is 0 Å². The fourth-order valence-corrected chi connectivity index (χ4v) is 4.14. The monoisotopic (exact) mass is 302 g/mol. The van der Waals surface area contributed by atoms with Crippen LogP contribution in [0.25, 0.3) is 0 Å². The summed E-state index contributed by atoms with van der Waals surface area (Å²) in [6.07, 6.45) is 1.09. The minimum atomic E-state index is 0.319. The fourth-order valence-electron chi connectivity index (χ4n) is 1.52. The van der Waals surface area contributed by atoms with E-state index in [4.69, 9.17) is 11.6 Å². The van der Waals surface area contributed by atoms with Crippen molar-refractivity contribution in [2.75, 3.05) is 0 Å². The molecule has 1 rings (SSSR count). The van der Waals surface area contributed by atoms with Crippen LogP contribution in [0, 0.1) is 11.8 Å². The van der Waals surface area contributed by atoms with Crippen LogP contribution in [-0.4, -0.2) is 15.0 Å². The average molecular weight is 304 g/mol. The second-order valence-electron chi connectivity index (χ2n) is 3.43. The van der Waals surface area contributed by atoms with Crippen LogP contribution >= 0.6 is 43.5 Å². The molecular formula is C8H13Br2Cl. The van der Waals surface area contributed by atoms with Gasteiger partial charge in [-0.05, 0) is 18.3 Å². The zero-order valence-electron chi connectivity index (χ0n) is 6.73. The van der Waals surface area contributed by atoms with Crippen LogP contribution in [0.2, 0.25) is 0 Å². The Morgan fingerprint density at radius 2 is 1.73 bits per heavy atom. The van der Waals surface area contributed by atoms with E-state index >= 15 is 0 Å². The molecule has 0 N–H and O–H groups in total. The maximum atomic E-state index is 6.16. The van der Waals surface area contributed by atoms with E-state index in [-0.39, 0.29) is 0 Å². The Hall–Kier alpha value is 1.25. The summed E-state index contributed by atoms with van der Waals surface area (Å²) in [6.45, 7) is 4.48. The Morgan fingerprint density at radius 3 is 2.27 bits per heavy atom. The Bertz CT molecular complexity index is 126. The quantitative estimate of drug-likeness (QED) is 0.597. The van der Waals surface area contributed by atoms with Crippen LogP contribution in [-0.2, 0) is 0 Å². The Kier molecular flexibility index (Phi) is 3.73.